The second-order valence-electron chi connectivity index (χ2n) is 7.95. The third-order valence-corrected chi connectivity index (χ3v) is 7.97. The Hall–Kier alpha value is -3.04. The van der Waals surface area contributed by atoms with Crippen molar-refractivity contribution in [2.45, 2.75) is 31.2 Å². The average Bonchev–Trinajstić information content (AvgIpc) is 2.86. The molecule has 9 heteroatoms. The molecule has 3 aromatic rings. The number of nitrogens with zero attached hydrogens (tertiary/aromatic N) is 1. The number of benzene rings is 3. The van der Waals surface area contributed by atoms with Gasteiger partial charge in [0.1, 0.15) is 18.0 Å². The summed E-state index contributed by atoms with van der Waals surface area (Å²) in [7, 11) is -0.958. The molecular weight excluding hydrogens is 532 g/mol. The molecule has 0 fully saturated rings. The summed E-state index contributed by atoms with van der Waals surface area (Å²) in [6, 6.07) is 18.7. The molecule has 0 aliphatic rings. The molecule has 3 aromatic carbocycles. The summed E-state index contributed by atoms with van der Waals surface area (Å²) >= 11 is 3.35. The first-order chi connectivity index (χ1) is 16.7. The molecule has 0 heterocycles. The first-order valence-corrected chi connectivity index (χ1v) is 13.3. The molecule has 1 N–H and O–H groups in total. The maximum absolute atomic E-state index is 13.7. The highest BCUT2D eigenvalue weighted by atomic mass is 79.9. The first-order valence-electron chi connectivity index (χ1n) is 11.1. The molecule has 0 aromatic heterocycles. The van der Waals surface area contributed by atoms with Crippen LogP contribution in [0.25, 0.3) is 0 Å². The van der Waals surface area contributed by atoms with E-state index in [2.05, 4.69) is 21.2 Å². The topological polar surface area (TPSA) is 84.9 Å². The van der Waals surface area contributed by atoms with Crippen LogP contribution < -0.4 is 19.1 Å². The van der Waals surface area contributed by atoms with Gasteiger partial charge in [-0.25, -0.2) is 8.42 Å². The Morgan fingerprint density at radius 2 is 1.66 bits per heavy atom. The fourth-order valence-corrected chi connectivity index (χ4v) is 5.73. The number of carbonyl (C=O) groups is 1. The van der Waals surface area contributed by atoms with Crippen molar-refractivity contribution in [2.24, 2.45) is 0 Å². The van der Waals surface area contributed by atoms with Gasteiger partial charge in [0.2, 0.25) is 5.91 Å². The third-order valence-electron chi connectivity index (χ3n) is 5.58. The van der Waals surface area contributed by atoms with E-state index in [1.54, 1.807) is 25.3 Å². The van der Waals surface area contributed by atoms with Crippen molar-refractivity contribution in [2.75, 3.05) is 25.1 Å². The molecule has 0 bridgehead atoms. The number of anilines is 1. The van der Waals surface area contributed by atoms with Crippen LogP contribution in [-0.2, 0) is 14.8 Å². The molecule has 0 saturated heterocycles. The van der Waals surface area contributed by atoms with Gasteiger partial charge in [-0.15, -0.1) is 0 Å². The van der Waals surface area contributed by atoms with E-state index >= 15 is 0 Å². The molecule has 1 atom stereocenters. The van der Waals surface area contributed by atoms with Gasteiger partial charge < -0.3 is 14.8 Å². The molecule has 35 heavy (non-hydrogen) atoms. The minimum Gasteiger partial charge on any atom is -0.497 e. The Morgan fingerprint density at radius 1 is 1.00 bits per heavy atom. The van der Waals surface area contributed by atoms with Crippen LogP contribution in [0.15, 0.2) is 76.1 Å². The van der Waals surface area contributed by atoms with Gasteiger partial charge in [-0.1, -0.05) is 36.8 Å². The summed E-state index contributed by atoms with van der Waals surface area (Å²) in [4.78, 5) is 13.2. The van der Waals surface area contributed by atoms with E-state index in [0.29, 0.717) is 22.3 Å². The molecule has 186 valence electrons. The summed E-state index contributed by atoms with van der Waals surface area (Å²) in [5, 5.41) is 2.97. The molecule has 0 aliphatic heterocycles. The smallest absolute Gasteiger partial charge is 0.264 e. The Morgan fingerprint density at radius 3 is 2.20 bits per heavy atom. The normalized spacial score (nSPS) is 12.0. The molecule has 7 nitrogen and oxygen atoms in total. The number of hydrogen-bond donors (Lipinski definition) is 1. The summed E-state index contributed by atoms with van der Waals surface area (Å²) in [5.74, 6) is 0.815. The zero-order valence-electron chi connectivity index (χ0n) is 20.1. The van der Waals surface area contributed by atoms with Crippen LogP contribution in [0.5, 0.6) is 11.5 Å². The van der Waals surface area contributed by atoms with Gasteiger partial charge in [-0.05, 0) is 77.3 Å². The van der Waals surface area contributed by atoms with E-state index in [1.807, 2.05) is 50.2 Å². The molecule has 0 radical (unpaired) electrons. The predicted octanol–water partition coefficient (Wildman–Crippen LogP) is 5.24. The Labute approximate surface area is 215 Å². The van der Waals surface area contributed by atoms with Gasteiger partial charge in [-0.2, -0.15) is 0 Å². The maximum Gasteiger partial charge on any atom is 0.264 e. The monoisotopic (exact) mass is 560 g/mol. The number of rotatable bonds is 10. The van der Waals surface area contributed by atoms with Crippen molar-refractivity contribution in [3.05, 3.63) is 82.3 Å². The van der Waals surface area contributed by atoms with Crippen LogP contribution in [0.2, 0.25) is 0 Å². The highest BCUT2D eigenvalue weighted by molar-refractivity contribution is 9.10. The highest BCUT2D eigenvalue weighted by Gasteiger charge is 2.28. The largest absolute Gasteiger partial charge is 0.497 e. The zero-order valence-corrected chi connectivity index (χ0v) is 22.5. The second kappa shape index (κ2) is 11.6. The molecule has 0 saturated carbocycles. The lowest BCUT2D eigenvalue weighted by atomic mass is 10.0. The lowest BCUT2D eigenvalue weighted by Gasteiger charge is -2.26. The number of carbonyl (C=O) groups excluding carboxylic acids is 1. The van der Waals surface area contributed by atoms with Crippen LogP contribution in [0.4, 0.5) is 5.69 Å². The summed E-state index contributed by atoms with van der Waals surface area (Å²) < 4.78 is 39.4. The standard InChI is InChI=1S/C26H29BrN2O5S/c1-5-24(19-8-12-21(33-3)13-9-19)28-26(30)17-29(20-10-6-18(2)7-11-20)35(31,32)22-14-15-25(34-4)23(27)16-22/h6-16,24H,5,17H2,1-4H3,(H,28,30)/t24-/m0/s1. The quantitative estimate of drug-likeness (QED) is 0.366. The van der Waals surface area contributed by atoms with Crippen LogP contribution >= 0.6 is 15.9 Å². The Bertz CT molecular complexity index is 1260. The van der Waals surface area contributed by atoms with Gasteiger partial charge in [0.15, 0.2) is 0 Å². The van der Waals surface area contributed by atoms with Crippen LogP contribution in [0.3, 0.4) is 0 Å². The maximum atomic E-state index is 13.7. The number of nitrogens with one attached hydrogen (secondary N) is 1. The number of hydrogen-bond acceptors (Lipinski definition) is 5. The SMILES string of the molecule is CC[C@H](NC(=O)CN(c1ccc(C)cc1)S(=O)(=O)c1ccc(OC)c(Br)c1)c1ccc(OC)cc1. The summed E-state index contributed by atoms with van der Waals surface area (Å²) in [6.07, 6.45) is 0.640. The van der Waals surface area contributed by atoms with Crippen molar-refractivity contribution in [1.82, 2.24) is 5.32 Å². The molecule has 3 rings (SSSR count). The van der Waals surface area contributed by atoms with Crippen molar-refractivity contribution in [1.29, 1.82) is 0 Å². The molecule has 0 aliphatic carbocycles. The molecule has 1 amide bonds. The van der Waals surface area contributed by atoms with Gasteiger partial charge in [0, 0.05) is 0 Å². The first kappa shape index (κ1) is 26.6. The fourth-order valence-electron chi connectivity index (χ4n) is 3.59. The van der Waals surface area contributed by atoms with Gasteiger partial charge in [-0.3, -0.25) is 9.10 Å². The third kappa shape index (κ3) is 6.35. The van der Waals surface area contributed by atoms with Gasteiger partial charge in [0.05, 0.1) is 35.3 Å². The zero-order chi connectivity index (χ0) is 25.6. The minimum atomic E-state index is -4.06. The number of halogens is 1. The van der Waals surface area contributed by atoms with E-state index < -0.39 is 15.9 Å². The number of aryl methyl sites for hydroxylation is 1. The number of methoxy groups -OCH3 is 2. The van der Waals surface area contributed by atoms with Crippen LogP contribution in [0, 0.1) is 6.92 Å². The lowest BCUT2D eigenvalue weighted by Crippen LogP contribution is -2.42. The number of sulfonamides is 1. The average molecular weight is 561 g/mol. The Kier molecular flexibility index (Phi) is 8.80. The van der Waals surface area contributed by atoms with E-state index in [9.17, 15) is 13.2 Å². The van der Waals surface area contributed by atoms with E-state index in [-0.39, 0.29) is 17.5 Å². The van der Waals surface area contributed by atoms with Crippen LogP contribution in [-0.4, -0.2) is 35.1 Å². The molecule has 0 unspecified atom stereocenters. The summed E-state index contributed by atoms with van der Waals surface area (Å²) in [5.41, 5.74) is 2.29. The van der Waals surface area contributed by atoms with Crippen molar-refractivity contribution in [3.63, 3.8) is 0 Å². The lowest BCUT2D eigenvalue weighted by molar-refractivity contribution is -0.120. The second-order valence-corrected chi connectivity index (χ2v) is 10.7. The highest BCUT2D eigenvalue weighted by Crippen LogP contribution is 2.31. The van der Waals surface area contributed by atoms with Crippen molar-refractivity contribution >= 4 is 37.5 Å². The van der Waals surface area contributed by atoms with Crippen LogP contribution in [0.1, 0.15) is 30.5 Å². The number of amides is 1. The van der Waals surface area contributed by atoms with Crippen molar-refractivity contribution in [3.8, 4) is 11.5 Å². The van der Waals surface area contributed by atoms with Gasteiger partial charge >= 0.3 is 0 Å². The minimum absolute atomic E-state index is 0.0424. The number of ether oxygens (including phenoxy) is 2. The molecule has 0 spiro atoms. The fraction of sp³-hybridized carbons (Fsp3) is 0.269. The van der Waals surface area contributed by atoms with E-state index in [0.717, 1.165) is 21.2 Å². The van der Waals surface area contributed by atoms with Crippen molar-refractivity contribution < 1.29 is 22.7 Å². The Balaban J connectivity index is 1.91. The predicted molar refractivity (Wildman–Crippen MR) is 141 cm³/mol. The molecular formula is C26H29BrN2O5S. The van der Waals surface area contributed by atoms with Gasteiger partial charge in [0.25, 0.3) is 10.0 Å². The summed E-state index contributed by atoms with van der Waals surface area (Å²) in [6.45, 7) is 3.50. The van der Waals surface area contributed by atoms with E-state index in [1.165, 1.54) is 19.2 Å². The van der Waals surface area contributed by atoms with E-state index in [4.69, 9.17) is 9.47 Å².